The Bertz CT molecular complexity index is 1310. The second-order valence-electron chi connectivity index (χ2n) is 8.38. The van der Waals surface area contributed by atoms with Crippen molar-refractivity contribution in [1.29, 1.82) is 0 Å². The van der Waals surface area contributed by atoms with Crippen molar-refractivity contribution in [3.8, 4) is 0 Å². The molecule has 0 spiro atoms. The van der Waals surface area contributed by atoms with Gasteiger partial charge in [-0.15, -0.1) is 0 Å². The number of piperazine rings is 1. The van der Waals surface area contributed by atoms with Crippen LogP contribution in [0.2, 0.25) is 0 Å². The number of nitrogens with one attached hydrogen (secondary N) is 2. The van der Waals surface area contributed by atoms with E-state index >= 15 is 4.39 Å². The number of amides is 4. The maximum atomic E-state index is 15.6. The molecular weight excluding hydrogens is 429 g/mol. The fourth-order valence-electron chi connectivity index (χ4n) is 4.46. The molecule has 2 N–H and O–H groups in total. The van der Waals surface area contributed by atoms with Crippen LogP contribution in [-0.2, 0) is 9.59 Å². The van der Waals surface area contributed by atoms with E-state index in [1.54, 1.807) is 0 Å². The number of imide groups is 2. The molecule has 10 heteroatoms. The number of benzene rings is 1. The van der Waals surface area contributed by atoms with Gasteiger partial charge in [0.25, 0.3) is 11.8 Å². The molecule has 1 aromatic carbocycles. The van der Waals surface area contributed by atoms with Gasteiger partial charge >= 0.3 is 0 Å². The van der Waals surface area contributed by atoms with Gasteiger partial charge in [-0.1, -0.05) is 0 Å². The normalized spacial score (nSPS) is 34.6. The summed E-state index contributed by atoms with van der Waals surface area (Å²) in [5.74, 6) is -5.27. The summed E-state index contributed by atoms with van der Waals surface area (Å²) in [7, 11) is 0. The Labute approximate surface area is 202 Å². The smallest absolute Gasteiger partial charge is 0.262 e. The topological polar surface area (TPSA) is 102 Å². The Morgan fingerprint density at radius 1 is 0.970 bits per heavy atom. The van der Waals surface area contributed by atoms with E-state index in [-0.39, 0.29) is 30.2 Å². The minimum Gasteiger partial charge on any atom is -0.367 e. The van der Waals surface area contributed by atoms with Crippen LogP contribution < -0.4 is 15.5 Å². The van der Waals surface area contributed by atoms with E-state index in [0.29, 0.717) is 47.9 Å². The number of anilines is 1. The van der Waals surface area contributed by atoms with Gasteiger partial charge in [-0.3, -0.25) is 34.3 Å². The number of nitrogens with zero attached hydrogens (tertiary/aromatic N) is 3. The molecular formula is C23H28FN5O4. The highest BCUT2D eigenvalue weighted by Crippen LogP contribution is 2.33. The van der Waals surface area contributed by atoms with Gasteiger partial charge in [0, 0.05) is 44.4 Å². The van der Waals surface area contributed by atoms with E-state index in [2.05, 4.69) is 5.32 Å². The zero-order valence-corrected chi connectivity index (χ0v) is 17.6. The van der Waals surface area contributed by atoms with Crippen molar-refractivity contribution < 1.29 is 34.5 Å². The molecule has 0 aromatic heterocycles. The first-order valence-electron chi connectivity index (χ1n) is 14.8. The molecule has 0 bridgehead atoms. The average Bonchev–Trinajstić information content (AvgIpc) is 3.11. The van der Waals surface area contributed by atoms with Crippen molar-refractivity contribution in [1.82, 2.24) is 20.4 Å². The van der Waals surface area contributed by atoms with Gasteiger partial charge < -0.3 is 10.2 Å². The number of carbonyl (C=O) groups excluding carboxylic acids is 4. The lowest BCUT2D eigenvalue weighted by atomic mass is 9.97. The van der Waals surface area contributed by atoms with Gasteiger partial charge in [0.05, 0.1) is 22.3 Å². The SMILES string of the molecule is [2H]C1([2H])N(CC2CCNCC2)C([2H])([2H])C([2H])([2H])N(c2cc3c(cc2F)C(=O)N(C2CCC(=O)NC2=O)C3=O)C1([2H])[2H]. The highest BCUT2D eigenvalue weighted by molar-refractivity contribution is 6.23. The van der Waals surface area contributed by atoms with Crippen LogP contribution in [0.4, 0.5) is 10.1 Å². The summed E-state index contributed by atoms with van der Waals surface area (Å²) in [6.07, 6.45) is 0.751. The number of halogens is 1. The summed E-state index contributed by atoms with van der Waals surface area (Å²) in [6.45, 7) is -12.3. The maximum absolute atomic E-state index is 15.6. The molecule has 5 rings (SSSR count). The van der Waals surface area contributed by atoms with E-state index in [9.17, 15) is 19.2 Å². The molecule has 4 aliphatic rings. The van der Waals surface area contributed by atoms with Gasteiger partial charge in [-0.05, 0) is 50.4 Å². The van der Waals surface area contributed by atoms with Gasteiger partial charge in [-0.2, -0.15) is 0 Å². The lowest BCUT2D eigenvalue weighted by Crippen LogP contribution is -2.54. The number of rotatable bonds is 4. The molecule has 1 aromatic rings. The quantitative estimate of drug-likeness (QED) is 0.619. The fourth-order valence-corrected chi connectivity index (χ4v) is 4.46. The molecule has 4 heterocycles. The Kier molecular flexibility index (Phi) is 3.86. The molecule has 9 nitrogen and oxygen atoms in total. The average molecular weight is 466 g/mol. The number of fused-ring (bicyclic) bond motifs is 1. The molecule has 1 atom stereocenters. The fraction of sp³-hybridized carbons (Fsp3) is 0.565. The summed E-state index contributed by atoms with van der Waals surface area (Å²) < 4.78 is 84.9. The summed E-state index contributed by atoms with van der Waals surface area (Å²) in [4.78, 5) is 51.3. The van der Waals surface area contributed by atoms with Crippen molar-refractivity contribution in [3.63, 3.8) is 0 Å². The highest BCUT2D eigenvalue weighted by atomic mass is 19.1. The van der Waals surface area contributed by atoms with Crippen LogP contribution in [-0.4, -0.2) is 85.1 Å². The van der Waals surface area contributed by atoms with Crippen molar-refractivity contribution >= 4 is 29.3 Å². The number of hydrogen-bond acceptors (Lipinski definition) is 7. The molecule has 4 amide bonds. The van der Waals surface area contributed by atoms with Crippen LogP contribution in [0.25, 0.3) is 0 Å². The lowest BCUT2D eigenvalue weighted by Gasteiger charge is -2.38. The minimum absolute atomic E-state index is 0.0148. The van der Waals surface area contributed by atoms with Crippen LogP contribution in [0.5, 0.6) is 0 Å². The lowest BCUT2D eigenvalue weighted by molar-refractivity contribution is -0.136. The van der Waals surface area contributed by atoms with Crippen molar-refractivity contribution in [3.05, 3.63) is 29.1 Å². The third-order valence-electron chi connectivity index (χ3n) is 6.24. The van der Waals surface area contributed by atoms with E-state index in [1.165, 1.54) is 0 Å². The van der Waals surface area contributed by atoms with E-state index in [4.69, 9.17) is 11.0 Å². The van der Waals surface area contributed by atoms with Crippen molar-refractivity contribution in [2.45, 2.75) is 31.7 Å². The molecule has 33 heavy (non-hydrogen) atoms. The monoisotopic (exact) mass is 465 g/mol. The van der Waals surface area contributed by atoms with Crippen molar-refractivity contribution in [2.24, 2.45) is 5.92 Å². The molecule has 176 valence electrons. The Hall–Kier alpha value is -2.85. The number of carbonyl (C=O) groups is 4. The predicted octanol–water partition coefficient (Wildman–Crippen LogP) is 0.349. The first kappa shape index (κ1) is 14.4. The van der Waals surface area contributed by atoms with E-state index in [0.717, 1.165) is 0 Å². The zero-order chi connectivity index (χ0) is 30.3. The van der Waals surface area contributed by atoms with Crippen LogP contribution in [0, 0.1) is 11.7 Å². The predicted molar refractivity (Wildman–Crippen MR) is 117 cm³/mol. The van der Waals surface area contributed by atoms with Crippen molar-refractivity contribution in [2.75, 3.05) is 50.5 Å². The standard InChI is InChI=1S/C23H28FN5O4/c24-17-11-15-16(23(33)29(22(15)32)18-1-2-20(30)26-21(18)31)12-19(17)28-9-7-27(8-10-28)13-14-3-5-25-6-4-14/h11-12,14,18,25H,1-10,13H2,(H,26,30,31)/i7D2,8D2,9D2,10D2. The molecule has 4 aliphatic heterocycles. The Morgan fingerprint density at radius 3 is 2.30 bits per heavy atom. The van der Waals surface area contributed by atoms with Gasteiger partial charge in [0.2, 0.25) is 11.8 Å². The maximum Gasteiger partial charge on any atom is 0.262 e. The van der Waals surface area contributed by atoms with Gasteiger partial charge in [-0.25, -0.2) is 4.39 Å². The number of hydrogen-bond donors (Lipinski definition) is 2. The largest absolute Gasteiger partial charge is 0.367 e. The summed E-state index contributed by atoms with van der Waals surface area (Å²) >= 11 is 0. The zero-order valence-electron chi connectivity index (χ0n) is 25.6. The van der Waals surface area contributed by atoms with E-state index < -0.39 is 78.3 Å². The third kappa shape index (κ3) is 4.13. The first-order chi connectivity index (χ1) is 18.9. The second kappa shape index (κ2) is 8.83. The first-order valence-corrected chi connectivity index (χ1v) is 10.8. The highest BCUT2D eigenvalue weighted by Gasteiger charge is 2.45. The number of piperidine rings is 2. The second-order valence-corrected chi connectivity index (χ2v) is 8.38. The van der Waals surface area contributed by atoms with Gasteiger partial charge in [0.1, 0.15) is 11.9 Å². The van der Waals surface area contributed by atoms with Crippen LogP contribution in [0.15, 0.2) is 12.1 Å². The molecule has 0 radical (unpaired) electrons. The van der Waals surface area contributed by atoms with Crippen LogP contribution in [0.1, 0.15) is 57.4 Å². The van der Waals surface area contributed by atoms with Gasteiger partial charge in [0.15, 0.2) is 0 Å². The molecule has 3 fully saturated rings. The summed E-state index contributed by atoms with van der Waals surface area (Å²) in [6, 6.07) is -0.123. The minimum atomic E-state index is -3.38. The molecule has 1 unspecified atom stereocenters. The molecule has 0 aliphatic carbocycles. The van der Waals surface area contributed by atoms with Crippen LogP contribution in [0.3, 0.4) is 0 Å². The Balaban J connectivity index is 1.56. The molecule has 3 saturated heterocycles. The summed E-state index contributed by atoms with van der Waals surface area (Å²) in [5, 5.41) is 5.14. The third-order valence-corrected chi connectivity index (χ3v) is 6.24. The Morgan fingerprint density at radius 2 is 1.64 bits per heavy atom. The summed E-state index contributed by atoms with van der Waals surface area (Å²) in [5.41, 5.74) is -1.96. The van der Waals surface area contributed by atoms with Crippen LogP contribution >= 0.6 is 0 Å². The van der Waals surface area contributed by atoms with E-state index in [1.807, 2.05) is 5.32 Å². The molecule has 0 saturated carbocycles.